The molecule has 20 heavy (non-hydrogen) atoms. The molecule has 4 amide bonds. The number of hydrogen-bond acceptors (Lipinski definition) is 3. The minimum Gasteiger partial charge on any atom is -0.312 e. The van der Waals surface area contributed by atoms with Gasteiger partial charge in [-0.3, -0.25) is 0 Å². The Morgan fingerprint density at radius 3 is 2.55 bits per heavy atom. The van der Waals surface area contributed by atoms with Crippen LogP contribution in [0.2, 0.25) is 0 Å². The highest BCUT2D eigenvalue weighted by Gasteiger charge is 2.53. The van der Waals surface area contributed by atoms with E-state index in [1.165, 1.54) is 14.8 Å². The van der Waals surface area contributed by atoms with E-state index >= 15 is 0 Å². The summed E-state index contributed by atoms with van der Waals surface area (Å²) >= 11 is 0. The van der Waals surface area contributed by atoms with Gasteiger partial charge in [-0.25, -0.2) is 9.59 Å². The number of hydrazone groups is 1. The first kappa shape index (κ1) is 12.5. The topological polar surface area (TPSA) is 68.2 Å². The predicted octanol–water partition coefficient (Wildman–Crippen LogP) is 0.695. The number of fused-ring (bicyclic) bond motifs is 1. The first-order valence-corrected chi connectivity index (χ1v) is 6.28. The molecule has 2 heterocycles. The van der Waals surface area contributed by atoms with Crippen LogP contribution < -0.4 is 5.32 Å². The zero-order chi connectivity index (χ0) is 14.3. The second-order valence-corrected chi connectivity index (χ2v) is 4.81. The average molecular weight is 273 g/mol. The van der Waals surface area contributed by atoms with Crippen molar-refractivity contribution in [1.29, 1.82) is 0 Å². The van der Waals surface area contributed by atoms with Gasteiger partial charge in [-0.05, 0) is 5.56 Å². The van der Waals surface area contributed by atoms with Gasteiger partial charge in [0.25, 0.3) is 0 Å². The Bertz CT molecular complexity index is 573. The number of nitrogens with one attached hydrogen (secondary N) is 1. The molecule has 1 aromatic rings. The lowest BCUT2D eigenvalue weighted by molar-refractivity contribution is 0.161. The molecule has 1 N–H and O–H groups in total. The van der Waals surface area contributed by atoms with Crippen LogP contribution in [0.15, 0.2) is 35.4 Å². The van der Waals surface area contributed by atoms with Gasteiger partial charge >= 0.3 is 12.1 Å². The van der Waals surface area contributed by atoms with Crippen LogP contribution in [-0.2, 0) is 0 Å². The fourth-order valence-corrected chi connectivity index (χ4v) is 2.48. The molecule has 7 nitrogen and oxygen atoms in total. The number of nitrogens with zero attached hydrogens (tertiary/aromatic N) is 4. The van der Waals surface area contributed by atoms with E-state index < -0.39 is 6.17 Å². The Balaban J connectivity index is 1.85. The molecule has 0 aromatic heterocycles. The second kappa shape index (κ2) is 4.52. The molecule has 7 heteroatoms. The van der Waals surface area contributed by atoms with E-state index in [1.807, 2.05) is 30.3 Å². The predicted molar refractivity (Wildman–Crippen MR) is 72.9 cm³/mol. The third-order valence-corrected chi connectivity index (χ3v) is 3.56. The van der Waals surface area contributed by atoms with Crippen molar-refractivity contribution in [3.63, 3.8) is 0 Å². The summed E-state index contributed by atoms with van der Waals surface area (Å²) in [6, 6.07) is 9.04. The molecule has 2 saturated heterocycles. The van der Waals surface area contributed by atoms with Gasteiger partial charge in [-0.1, -0.05) is 30.3 Å². The van der Waals surface area contributed by atoms with Crippen LogP contribution in [-0.4, -0.2) is 59.5 Å². The largest absolute Gasteiger partial charge is 0.344 e. The molecular formula is C13H15N5O2. The number of likely N-dealkylation sites (N-methyl/N-ethyl adjacent to an activating group) is 2. The maximum Gasteiger partial charge on any atom is 0.344 e. The summed E-state index contributed by atoms with van der Waals surface area (Å²) in [7, 11) is 3.32. The molecule has 0 aliphatic carbocycles. The summed E-state index contributed by atoms with van der Waals surface area (Å²) < 4.78 is 0. The number of hydrogen-bond donors (Lipinski definition) is 1. The fraction of sp³-hybridized carbons (Fsp3) is 0.308. The summed E-state index contributed by atoms with van der Waals surface area (Å²) in [6.07, 6.45) is 0.825. The van der Waals surface area contributed by atoms with E-state index in [-0.39, 0.29) is 18.2 Å². The number of rotatable bonds is 2. The molecule has 0 unspecified atom stereocenters. The summed E-state index contributed by atoms with van der Waals surface area (Å²) in [5, 5.41) is 8.27. The van der Waals surface area contributed by atoms with Crippen molar-refractivity contribution in [2.24, 2.45) is 5.10 Å². The van der Waals surface area contributed by atoms with E-state index in [2.05, 4.69) is 10.4 Å². The van der Waals surface area contributed by atoms with Crippen LogP contribution >= 0.6 is 0 Å². The van der Waals surface area contributed by atoms with Crippen LogP contribution in [0.4, 0.5) is 9.59 Å². The third kappa shape index (κ3) is 1.78. The van der Waals surface area contributed by atoms with Crippen molar-refractivity contribution in [3.8, 4) is 0 Å². The maximum absolute atomic E-state index is 12.2. The van der Waals surface area contributed by atoms with Gasteiger partial charge in [0.15, 0.2) is 12.3 Å². The molecule has 104 valence electrons. The lowest BCUT2D eigenvalue weighted by Gasteiger charge is -2.21. The zero-order valence-electron chi connectivity index (χ0n) is 11.2. The van der Waals surface area contributed by atoms with Crippen molar-refractivity contribution in [2.75, 3.05) is 14.1 Å². The van der Waals surface area contributed by atoms with Gasteiger partial charge in [-0.2, -0.15) is 10.1 Å². The summed E-state index contributed by atoms with van der Waals surface area (Å²) in [5.74, 6) is 0. The number of amides is 4. The Labute approximate surface area is 116 Å². The molecule has 2 atom stereocenters. The van der Waals surface area contributed by atoms with Crippen LogP contribution in [0, 0.1) is 0 Å². The van der Waals surface area contributed by atoms with Crippen LogP contribution in [0.25, 0.3) is 0 Å². The van der Waals surface area contributed by atoms with Gasteiger partial charge in [0.1, 0.15) is 0 Å². The molecule has 0 bridgehead atoms. The normalized spacial score (nSPS) is 25.6. The molecule has 3 rings (SSSR count). The van der Waals surface area contributed by atoms with Crippen LogP contribution in [0.1, 0.15) is 5.56 Å². The quantitative estimate of drug-likeness (QED) is 0.806. The van der Waals surface area contributed by atoms with Crippen molar-refractivity contribution >= 4 is 18.3 Å². The van der Waals surface area contributed by atoms with E-state index in [0.29, 0.717) is 0 Å². The second-order valence-electron chi connectivity index (χ2n) is 4.81. The fourth-order valence-electron chi connectivity index (χ4n) is 2.48. The summed E-state index contributed by atoms with van der Waals surface area (Å²) in [6.45, 7) is 0. The van der Waals surface area contributed by atoms with Crippen molar-refractivity contribution < 1.29 is 9.59 Å². The maximum atomic E-state index is 12.2. The first-order chi connectivity index (χ1) is 9.59. The molecule has 2 aliphatic heterocycles. The molecule has 2 fully saturated rings. The molecule has 0 saturated carbocycles. The van der Waals surface area contributed by atoms with Crippen molar-refractivity contribution in [1.82, 2.24) is 20.1 Å². The smallest absolute Gasteiger partial charge is 0.312 e. The number of carbonyl (C=O) groups is 2. The monoisotopic (exact) mass is 273 g/mol. The van der Waals surface area contributed by atoms with Crippen LogP contribution in [0.3, 0.4) is 0 Å². The van der Waals surface area contributed by atoms with Crippen molar-refractivity contribution in [2.45, 2.75) is 12.3 Å². The molecule has 2 aliphatic rings. The Morgan fingerprint density at radius 1 is 1.15 bits per heavy atom. The van der Waals surface area contributed by atoms with Crippen LogP contribution in [0.5, 0.6) is 0 Å². The van der Waals surface area contributed by atoms with Gasteiger partial charge in [0.2, 0.25) is 0 Å². The Morgan fingerprint density at radius 2 is 1.85 bits per heavy atom. The molecule has 1 aromatic carbocycles. The number of carbonyl (C=O) groups excluding carboxylic acids is 2. The molecule has 0 radical (unpaired) electrons. The highest BCUT2D eigenvalue weighted by atomic mass is 16.2. The van der Waals surface area contributed by atoms with E-state index in [1.54, 1.807) is 20.3 Å². The van der Waals surface area contributed by atoms with E-state index in [9.17, 15) is 9.59 Å². The van der Waals surface area contributed by atoms with Gasteiger partial charge in [-0.15, -0.1) is 0 Å². The van der Waals surface area contributed by atoms with Gasteiger partial charge < -0.3 is 15.1 Å². The zero-order valence-corrected chi connectivity index (χ0v) is 11.2. The third-order valence-electron chi connectivity index (χ3n) is 3.56. The van der Waals surface area contributed by atoms with Gasteiger partial charge in [0.05, 0.1) is 6.21 Å². The lowest BCUT2D eigenvalue weighted by atomic mass is 10.2. The molecular weight excluding hydrogens is 258 g/mol. The summed E-state index contributed by atoms with van der Waals surface area (Å²) in [4.78, 5) is 26.8. The Kier molecular flexibility index (Phi) is 2.81. The minimum absolute atomic E-state index is 0.209. The Hall–Kier alpha value is -2.57. The standard InChI is InChI=1S/C13H15N5O2/c1-16-11-10(15-12(16)19)18(13(20)17(11)2)14-8-9-6-4-3-5-7-9/h3-8,10-11H,1-2H3,(H,15,19)/b14-8-/t10-,11-/m0/s1. The summed E-state index contributed by atoms with van der Waals surface area (Å²) in [5.41, 5.74) is 0.893. The molecule has 0 spiro atoms. The minimum atomic E-state index is -0.454. The number of urea groups is 2. The highest BCUT2D eigenvalue weighted by molar-refractivity contribution is 5.86. The van der Waals surface area contributed by atoms with E-state index in [4.69, 9.17) is 0 Å². The SMILES string of the molecule is CN1C(=O)N[C@@H]2[C@@H]1N(C)C(=O)N2/N=C\c1ccccc1. The average Bonchev–Trinajstić information content (AvgIpc) is 2.86. The van der Waals surface area contributed by atoms with E-state index in [0.717, 1.165) is 5.56 Å². The first-order valence-electron chi connectivity index (χ1n) is 6.28. The highest BCUT2D eigenvalue weighted by Crippen LogP contribution is 2.26. The lowest BCUT2D eigenvalue weighted by Crippen LogP contribution is -2.42. The number of benzene rings is 1. The van der Waals surface area contributed by atoms with Crippen molar-refractivity contribution in [3.05, 3.63) is 35.9 Å². The van der Waals surface area contributed by atoms with Gasteiger partial charge in [0, 0.05) is 14.1 Å².